The van der Waals surface area contributed by atoms with Gasteiger partial charge in [0.2, 0.25) is 0 Å². The highest BCUT2D eigenvalue weighted by atomic mass is 16.5. The predicted molar refractivity (Wildman–Crippen MR) is 77.7 cm³/mol. The molecule has 1 fully saturated rings. The Balaban J connectivity index is 1.82. The highest BCUT2D eigenvalue weighted by Gasteiger charge is 2.13. The zero-order valence-electron chi connectivity index (χ0n) is 11.9. The Hall–Kier alpha value is -2.12. The van der Waals surface area contributed by atoms with E-state index in [9.17, 15) is 9.90 Å². The fourth-order valence-corrected chi connectivity index (χ4v) is 1.95. The number of nitrogens with one attached hydrogen (secondary N) is 1. The molecule has 0 aromatic heterocycles. The van der Waals surface area contributed by atoms with Crippen LogP contribution < -0.4 is 10.2 Å². The first kappa shape index (κ1) is 15.3. The molecule has 0 radical (unpaired) electrons. The summed E-state index contributed by atoms with van der Waals surface area (Å²) in [6.07, 6.45) is 1.50. The van der Waals surface area contributed by atoms with Crippen molar-refractivity contribution in [2.24, 2.45) is 5.10 Å². The summed E-state index contributed by atoms with van der Waals surface area (Å²) >= 11 is 0. The highest BCUT2D eigenvalue weighted by Crippen LogP contribution is 2.25. The Morgan fingerprint density at radius 2 is 2.29 bits per heavy atom. The molecular formula is C14H19N3O4. The van der Waals surface area contributed by atoms with Crippen LogP contribution in [0, 0.1) is 0 Å². The Morgan fingerprint density at radius 1 is 1.52 bits per heavy atom. The minimum absolute atomic E-state index is 0.0611. The van der Waals surface area contributed by atoms with Crippen molar-refractivity contribution in [1.82, 2.24) is 10.3 Å². The number of methoxy groups -OCH3 is 1. The Morgan fingerprint density at radius 3 is 3.00 bits per heavy atom. The van der Waals surface area contributed by atoms with Crippen molar-refractivity contribution in [3.8, 4) is 11.5 Å². The van der Waals surface area contributed by atoms with Crippen molar-refractivity contribution < 1.29 is 19.4 Å². The molecule has 0 atom stereocenters. The number of benzene rings is 1. The molecule has 7 heteroatoms. The average molecular weight is 293 g/mol. The van der Waals surface area contributed by atoms with Crippen molar-refractivity contribution in [3.05, 3.63) is 23.8 Å². The summed E-state index contributed by atoms with van der Waals surface area (Å²) in [5.74, 6) is 0.253. The molecule has 0 saturated carbocycles. The molecule has 1 aliphatic rings. The number of aromatic hydroxyl groups is 1. The quantitative estimate of drug-likeness (QED) is 0.598. The minimum atomic E-state index is -0.168. The summed E-state index contributed by atoms with van der Waals surface area (Å²) in [6.45, 7) is 3.13. The van der Waals surface area contributed by atoms with E-state index < -0.39 is 0 Å². The SMILES string of the molecule is COc1cc(C=NNC(=O)CN2CCOCC2)ccc1O. The van der Waals surface area contributed by atoms with Gasteiger partial charge in [-0.2, -0.15) is 5.10 Å². The van der Waals surface area contributed by atoms with Crippen molar-refractivity contribution in [2.45, 2.75) is 0 Å². The van der Waals surface area contributed by atoms with E-state index in [0.717, 1.165) is 18.7 Å². The lowest BCUT2D eigenvalue weighted by molar-refractivity contribution is -0.123. The van der Waals surface area contributed by atoms with Crippen molar-refractivity contribution in [2.75, 3.05) is 40.0 Å². The zero-order valence-corrected chi connectivity index (χ0v) is 11.9. The number of rotatable bonds is 5. The maximum atomic E-state index is 11.7. The second kappa shape index (κ2) is 7.61. The van der Waals surface area contributed by atoms with Crippen LogP contribution in [-0.4, -0.2) is 62.1 Å². The smallest absolute Gasteiger partial charge is 0.254 e. The van der Waals surface area contributed by atoms with Gasteiger partial charge in [0.1, 0.15) is 0 Å². The first-order chi connectivity index (χ1) is 10.2. The van der Waals surface area contributed by atoms with Gasteiger partial charge >= 0.3 is 0 Å². The van der Waals surface area contributed by atoms with E-state index in [4.69, 9.17) is 9.47 Å². The van der Waals surface area contributed by atoms with Crippen molar-refractivity contribution >= 4 is 12.1 Å². The number of phenolic OH excluding ortho intramolecular Hbond substituents is 1. The maximum Gasteiger partial charge on any atom is 0.254 e. The molecule has 1 aliphatic heterocycles. The number of hydrazone groups is 1. The van der Waals surface area contributed by atoms with Crippen LogP contribution in [0.2, 0.25) is 0 Å². The van der Waals surface area contributed by atoms with Crippen LogP contribution in [0.5, 0.6) is 11.5 Å². The van der Waals surface area contributed by atoms with Gasteiger partial charge in [0.05, 0.1) is 33.1 Å². The molecule has 21 heavy (non-hydrogen) atoms. The Kier molecular flexibility index (Phi) is 5.53. The lowest BCUT2D eigenvalue weighted by atomic mass is 10.2. The molecular weight excluding hydrogens is 274 g/mol. The number of amides is 1. The number of phenols is 1. The van der Waals surface area contributed by atoms with Gasteiger partial charge < -0.3 is 14.6 Å². The standard InChI is InChI=1S/C14H19N3O4/c1-20-13-8-11(2-3-12(13)18)9-15-16-14(19)10-17-4-6-21-7-5-17/h2-3,8-9,18H,4-7,10H2,1H3,(H,16,19). The number of carbonyl (C=O) groups is 1. The van der Waals surface area contributed by atoms with Crippen LogP contribution >= 0.6 is 0 Å². The molecule has 0 bridgehead atoms. The number of ether oxygens (including phenoxy) is 2. The summed E-state index contributed by atoms with van der Waals surface area (Å²) in [4.78, 5) is 13.7. The topological polar surface area (TPSA) is 83.4 Å². The number of morpholine rings is 1. The summed E-state index contributed by atoms with van der Waals surface area (Å²) in [5.41, 5.74) is 3.19. The number of hydrogen-bond donors (Lipinski definition) is 2. The molecule has 2 N–H and O–H groups in total. The molecule has 0 aliphatic carbocycles. The predicted octanol–water partition coefficient (Wildman–Crippen LogP) is 0.183. The van der Waals surface area contributed by atoms with Gasteiger partial charge in [-0.25, -0.2) is 5.43 Å². The molecule has 1 aromatic rings. The first-order valence-electron chi connectivity index (χ1n) is 6.68. The van der Waals surface area contributed by atoms with E-state index in [1.54, 1.807) is 12.1 Å². The van der Waals surface area contributed by atoms with Gasteiger partial charge in [-0.05, 0) is 23.8 Å². The molecule has 2 rings (SSSR count). The zero-order chi connectivity index (χ0) is 15.1. The monoisotopic (exact) mass is 293 g/mol. The third kappa shape index (κ3) is 4.73. The third-order valence-corrected chi connectivity index (χ3v) is 3.08. The fraction of sp³-hybridized carbons (Fsp3) is 0.429. The summed E-state index contributed by atoms with van der Waals surface area (Å²) in [5, 5.41) is 13.4. The average Bonchev–Trinajstić information content (AvgIpc) is 2.50. The second-order valence-corrected chi connectivity index (χ2v) is 4.61. The van der Waals surface area contributed by atoms with Crippen LogP contribution in [0.4, 0.5) is 0 Å². The summed E-state index contributed by atoms with van der Waals surface area (Å²) in [6, 6.07) is 4.82. The molecule has 0 spiro atoms. The Labute approximate surface area is 123 Å². The molecule has 1 heterocycles. The van der Waals surface area contributed by atoms with Gasteiger partial charge in [-0.1, -0.05) is 0 Å². The van der Waals surface area contributed by atoms with Crippen LogP contribution in [0.1, 0.15) is 5.56 Å². The van der Waals surface area contributed by atoms with Crippen molar-refractivity contribution in [1.29, 1.82) is 0 Å². The number of carbonyl (C=O) groups excluding carboxylic acids is 1. The van der Waals surface area contributed by atoms with E-state index in [-0.39, 0.29) is 11.7 Å². The highest BCUT2D eigenvalue weighted by molar-refractivity contribution is 5.83. The van der Waals surface area contributed by atoms with E-state index in [0.29, 0.717) is 25.5 Å². The molecule has 1 aromatic carbocycles. The molecule has 114 valence electrons. The van der Waals surface area contributed by atoms with Gasteiger partial charge in [0, 0.05) is 13.1 Å². The summed E-state index contributed by atoms with van der Waals surface area (Å²) in [7, 11) is 1.47. The van der Waals surface area contributed by atoms with Gasteiger partial charge in [-0.15, -0.1) is 0 Å². The fourth-order valence-electron chi connectivity index (χ4n) is 1.95. The molecule has 7 nitrogen and oxygen atoms in total. The van der Waals surface area contributed by atoms with Crippen LogP contribution in [0.15, 0.2) is 23.3 Å². The van der Waals surface area contributed by atoms with E-state index in [2.05, 4.69) is 10.5 Å². The van der Waals surface area contributed by atoms with E-state index >= 15 is 0 Å². The second-order valence-electron chi connectivity index (χ2n) is 4.61. The molecule has 0 unspecified atom stereocenters. The summed E-state index contributed by atoms with van der Waals surface area (Å²) < 4.78 is 10.2. The van der Waals surface area contributed by atoms with Crippen LogP contribution in [-0.2, 0) is 9.53 Å². The van der Waals surface area contributed by atoms with Gasteiger partial charge in [0.15, 0.2) is 11.5 Å². The van der Waals surface area contributed by atoms with Gasteiger partial charge in [-0.3, -0.25) is 9.69 Å². The maximum absolute atomic E-state index is 11.7. The van der Waals surface area contributed by atoms with E-state index in [1.165, 1.54) is 19.4 Å². The first-order valence-corrected chi connectivity index (χ1v) is 6.68. The lowest BCUT2D eigenvalue weighted by Crippen LogP contribution is -2.42. The third-order valence-electron chi connectivity index (χ3n) is 3.08. The normalized spacial score (nSPS) is 16.0. The van der Waals surface area contributed by atoms with E-state index in [1.807, 2.05) is 4.90 Å². The lowest BCUT2D eigenvalue weighted by Gasteiger charge is -2.25. The van der Waals surface area contributed by atoms with Crippen molar-refractivity contribution in [3.63, 3.8) is 0 Å². The Bertz CT molecular complexity index is 513. The molecule has 1 saturated heterocycles. The largest absolute Gasteiger partial charge is 0.504 e. The number of hydrogen-bond acceptors (Lipinski definition) is 6. The number of nitrogens with zero attached hydrogens (tertiary/aromatic N) is 2. The minimum Gasteiger partial charge on any atom is -0.504 e. The van der Waals surface area contributed by atoms with Crippen LogP contribution in [0.3, 0.4) is 0 Å². The van der Waals surface area contributed by atoms with Gasteiger partial charge in [0.25, 0.3) is 5.91 Å². The van der Waals surface area contributed by atoms with Crippen LogP contribution in [0.25, 0.3) is 0 Å². The molecule has 1 amide bonds.